The maximum atomic E-state index is 13.2. The maximum absolute atomic E-state index is 13.2. The summed E-state index contributed by atoms with van der Waals surface area (Å²) in [6.45, 7) is 8.24. The molecule has 0 atom stereocenters. The third-order valence-corrected chi connectivity index (χ3v) is 4.68. The van der Waals surface area contributed by atoms with Crippen LogP contribution < -0.4 is 10.2 Å². The van der Waals surface area contributed by atoms with E-state index in [1.807, 2.05) is 25.1 Å². The molecule has 3 rings (SSSR count). The Morgan fingerprint density at radius 1 is 1.00 bits per heavy atom. The second-order valence-corrected chi connectivity index (χ2v) is 7.60. The highest BCUT2D eigenvalue weighted by Gasteiger charge is 2.33. The van der Waals surface area contributed by atoms with Gasteiger partial charge in [-0.05, 0) is 35.6 Å². The van der Waals surface area contributed by atoms with Gasteiger partial charge in [0, 0.05) is 7.05 Å². The highest BCUT2D eigenvalue weighted by molar-refractivity contribution is 6.26. The van der Waals surface area contributed by atoms with Crippen LogP contribution in [0.25, 0.3) is 0 Å². The van der Waals surface area contributed by atoms with Crippen molar-refractivity contribution in [3.63, 3.8) is 0 Å². The van der Waals surface area contributed by atoms with Crippen LogP contribution in [-0.2, 0) is 5.41 Å². The smallest absolute Gasteiger partial charge is 0.259 e. The highest BCUT2D eigenvalue weighted by atomic mass is 16.2. The second-order valence-electron chi connectivity index (χ2n) is 7.60. The summed E-state index contributed by atoms with van der Waals surface area (Å²) in [6, 6.07) is 10.7. The average Bonchev–Trinajstić information content (AvgIpc) is 2.87. The molecule has 0 bridgehead atoms. The fraction of sp³-hybridized carbons (Fsp3) is 0.286. The van der Waals surface area contributed by atoms with Crippen LogP contribution in [0.5, 0.6) is 0 Å². The molecule has 0 spiro atoms. The zero-order valence-corrected chi connectivity index (χ0v) is 15.6. The number of para-hydroxylation sites is 1. The van der Waals surface area contributed by atoms with Crippen molar-refractivity contribution in [3.8, 4) is 0 Å². The van der Waals surface area contributed by atoms with Gasteiger partial charge in [-0.25, -0.2) is 0 Å². The van der Waals surface area contributed by atoms with E-state index in [-0.39, 0.29) is 28.0 Å². The number of benzene rings is 2. The van der Waals surface area contributed by atoms with Crippen LogP contribution in [0.4, 0.5) is 5.69 Å². The quantitative estimate of drug-likeness (QED) is 0.844. The number of imide groups is 1. The number of rotatable bonds is 2. The van der Waals surface area contributed by atoms with Crippen LogP contribution >= 0.6 is 0 Å². The molecule has 134 valence electrons. The second kappa shape index (κ2) is 6.09. The zero-order chi connectivity index (χ0) is 19.2. The molecule has 26 heavy (non-hydrogen) atoms. The Kier molecular flexibility index (Phi) is 4.18. The predicted molar refractivity (Wildman–Crippen MR) is 101 cm³/mol. The van der Waals surface area contributed by atoms with Gasteiger partial charge in [0.1, 0.15) is 0 Å². The molecular formula is C21H22N2O3. The van der Waals surface area contributed by atoms with E-state index in [1.54, 1.807) is 30.1 Å². The minimum absolute atomic E-state index is 0.151. The molecular weight excluding hydrogens is 328 g/mol. The molecule has 1 aliphatic heterocycles. The lowest BCUT2D eigenvalue weighted by Gasteiger charge is -2.29. The Balaban J connectivity index is 2.12. The monoisotopic (exact) mass is 350 g/mol. The highest BCUT2D eigenvalue weighted by Crippen LogP contribution is 2.35. The molecule has 5 nitrogen and oxygen atoms in total. The van der Waals surface area contributed by atoms with Crippen LogP contribution in [0.15, 0.2) is 36.4 Å². The minimum atomic E-state index is -0.525. The van der Waals surface area contributed by atoms with Crippen molar-refractivity contribution in [3.05, 3.63) is 64.2 Å². The minimum Gasteiger partial charge on any atom is -0.311 e. The van der Waals surface area contributed by atoms with Gasteiger partial charge in [0.2, 0.25) is 0 Å². The van der Waals surface area contributed by atoms with Crippen molar-refractivity contribution in [1.29, 1.82) is 0 Å². The van der Waals surface area contributed by atoms with Gasteiger partial charge in [0.05, 0.1) is 22.4 Å². The summed E-state index contributed by atoms with van der Waals surface area (Å²) >= 11 is 0. The number of carbonyl (C=O) groups is 3. The number of carbonyl (C=O) groups excluding carboxylic acids is 3. The number of fused-ring (bicyclic) bond motifs is 1. The first-order valence-electron chi connectivity index (χ1n) is 8.49. The van der Waals surface area contributed by atoms with E-state index in [4.69, 9.17) is 0 Å². The average molecular weight is 350 g/mol. The molecule has 2 aromatic carbocycles. The molecule has 0 aromatic heterocycles. The zero-order valence-electron chi connectivity index (χ0n) is 15.6. The van der Waals surface area contributed by atoms with Crippen molar-refractivity contribution in [2.24, 2.45) is 0 Å². The molecule has 0 unspecified atom stereocenters. The Morgan fingerprint density at radius 2 is 1.65 bits per heavy atom. The number of hydrogen-bond acceptors (Lipinski definition) is 3. The summed E-state index contributed by atoms with van der Waals surface area (Å²) in [5.74, 6) is -1.30. The van der Waals surface area contributed by atoms with Crippen LogP contribution in [-0.4, -0.2) is 24.8 Å². The molecule has 0 aliphatic carbocycles. The summed E-state index contributed by atoms with van der Waals surface area (Å²) in [6.07, 6.45) is 0. The summed E-state index contributed by atoms with van der Waals surface area (Å²) in [4.78, 5) is 38.8. The molecule has 1 N–H and O–H groups in total. The van der Waals surface area contributed by atoms with Gasteiger partial charge < -0.3 is 4.90 Å². The summed E-state index contributed by atoms with van der Waals surface area (Å²) in [5.41, 5.74) is 3.32. The van der Waals surface area contributed by atoms with Gasteiger partial charge in [-0.3, -0.25) is 19.7 Å². The SMILES string of the molecule is Cc1cccc(C(C)(C)C)c1N(C)C(=O)c1cccc2c1C(=O)NC2=O. The third kappa shape index (κ3) is 2.79. The van der Waals surface area contributed by atoms with E-state index in [9.17, 15) is 14.4 Å². The summed E-state index contributed by atoms with van der Waals surface area (Å²) in [5, 5.41) is 2.25. The van der Waals surface area contributed by atoms with E-state index < -0.39 is 11.8 Å². The molecule has 2 aromatic rings. The van der Waals surface area contributed by atoms with Gasteiger partial charge in [-0.15, -0.1) is 0 Å². The van der Waals surface area contributed by atoms with Crippen molar-refractivity contribution in [2.75, 3.05) is 11.9 Å². The van der Waals surface area contributed by atoms with Crippen LogP contribution in [0, 0.1) is 6.92 Å². The molecule has 0 saturated carbocycles. The summed E-state index contributed by atoms with van der Waals surface area (Å²) < 4.78 is 0. The largest absolute Gasteiger partial charge is 0.311 e. The van der Waals surface area contributed by atoms with Gasteiger partial charge in [0.15, 0.2) is 0 Å². The number of hydrogen-bond donors (Lipinski definition) is 1. The molecule has 1 heterocycles. The number of nitrogens with zero attached hydrogens (tertiary/aromatic N) is 1. The van der Waals surface area contributed by atoms with E-state index in [0.717, 1.165) is 16.8 Å². The Bertz CT molecular complexity index is 939. The maximum Gasteiger partial charge on any atom is 0.259 e. The van der Waals surface area contributed by atoms with Crippen molar-refractivity contribution in [1.82, 2.24) is 5.32 Å². The molecule has 3 amide bonds. The van der Waals surface area contributed by atoms with E-state index in [1.165, 1.54) is 0 Å². The predicted octanol–water partition coefficient (Wildman–Crippen LogP) is 3.45. The first-order chi connectivity index (χ1) is 12.1. The Hall–Kier alpha value is -2.95. The lowest BCUT2D eigenvalue weighted by molar-refractivity contribution is 0.0874. The first-order valence-corrected chi connectivity index (χ1v) is 8.49. The van der Waals surface area contributed by atoms with E-state index in [0.29, 0.717) is 0 Å². The standard InChI is InChI=1S/C21H22N2O3/c1-12-8-6-11-15(21(2,3)4)17(12)23(5)20(26)14-10-7-9-13-16(14)19(25)22-18(13)24/h6-11H,1-5H3,(H,22,24,25). The number of anilines is 1. The van der Waals surface area contributed by atoms with E-state index >= 15 is 0 Å². The molecule has 0 fully saturated rings. The first kappa shape index (κ1) is 17.9. The fourth-order valence-corrected chi connectivity index (χ4v) is 3.39. The van der Waals surface area contributed by atoms with Crippen LogP contribution in [0.3, 0.4) is 0 Å². The van der Waals surface area contributed by atoms with Crippen molar-refractivity contribution in [2.45, 2.75) is 33.1 Å². The molecule has 0 saturated heterocycles. The van der Waals surface area contributed by atoms with Gasteiger partial charge in [-0.2, -0.15) is 0 Å². The van der Waals surface area contributed by atoms with Crippen LogP contribution in [0.1, 0.15) is 63.0 Å². The lowest BCUT2D eigenvalue weighted by Crippen LogP contribution is -2.31. The van der Waals surface area contributed by atoms with Gasteiger partial charge in [0.25, 0.3) is 17.7 Å². The molecule has 0 radical (unpaired) electrons. The van der Waals surface area contributed by atoms with Gasteiger partial charge >= 0.3 is 0 Å². The fourth-order valence-electron chi connectivity index (χ4n) is 3.39. The number of nitrogens with one attached hydrogen (secondary N) is 1. The Morgan fingerprint density at radius 3 is 2.31 bits per heavy atom. The Labute approximate surface area is 153 Å². The number of amides is 3. The van der Waals surface area contributed by atoms with Crippen molar-refractivity contribution < 1.29 is 14.4 Å². The van der Waals surface area contributed by atoms with Gasteiger partial charge in [-0.1, -0.05) is 45.0 Å². The number of aryl methyl sites for hydroxylation is 1. The van der Waals surface area contributed by atoms with Crippen molar-refractivity contribution >= 4 is 23.4 Å². The third-order valence-electron chi connectivity index (χ3n) is 4.68. The molecule has 1 aliphatic rings. The topological polar surface area (TPSA) is 66.5 Å². The van der Waals surface area contributed by atoms with Crippen LogP contribution in [0.2, 0.25) is 0 Å². The summed E-state index contributed by atoms with van der Waals surface area (Å²) in [7, 11) is 1.70. The van der Waals surface area contributed by atoms with E-state index in [2.05, 4.69) is 26.1 Å². The normalized spacial score (nSPS) is 13.4. The lowest BCUT2D eigenvalue weighted by atomic mass is 9.84. The molecule has 5 heteroatoms.